The van der Waals surface area contributed by atoms with E-state index in [-0.39, 0.29) is 15.8 Å². The van der Waals surface area contributed by atoms with Crippen molar-refractivity contribution in [1.82, 2.24) is 0 Å². The fourth-order valence-electron chi connectivity index (χ4n) is 1.73. The number of nitrogens with zero attached hydrogens (tertiary/aromatic N) is 1. The molecule has 0 saturated carbocycles. The molecule has 4 nitrogen and oxygen atoms in total. The molecule has 2 aromatic carbocycles. The smallest absolute Gasteiger partial charge is 0.293 e. The molecule has 0 saturated heterocycles. The molecule has 6 heteroatoms. The highest BCUT2D eigenvalue weighted by molar-refractivity contribution is 9.10. The molecule has 0 unspecified atom stereocenters. The van der Waals surface area contributed by atoms with Crippen LogP contribution in [0.25, 0.3) is 0 Å². The average Bonchev–Trinajstić information content (AvgIpc) is 2.41. The van der Waals surface area contributed by atoms with E-state index in [4.69, 9.17) is 0 Å². The van der Waals surface area contributed by atoms with Gasteiger partial charge < -0.3 is 5.32 Å². The molecule has 0 aliphatic heterocycles. The minimum absolute atomic E-state index is 0.0742. The summed E-state index contributed by atoms with van der Waals surface area (Å²) in [4.78, 5) is 10.4. The lowest BCUT2D eigenvalue weighted by atomic mass is 10.1. The van der Waals surface area contributed by atoms with Crippen LogP contribution in [-0.2, 0) is 6.54 Å². The fraction of sp³-hybridized carbons (Fsp3) is 0.143. The summed E-state index contributed by atoms with van der Waals surface area (Å²) in [5.74, 6) is -0.540. The molecule has 0 fully saturated rings. The Morgan fingerprint density at radius 1 is 1.30 bits per heavy atom. The SMILES string of the molecule is Cc1ccc(CNc2cc(F)c(Br)cc2[N+](=O)[O-])cc1. The number of nitro benzene ring substituents is 1. The predicted octanol–water partition coefficient (Wildman–Crippen LogP) is 4.42. The summed E-state index contributed by atoms with van der Waals surface area (Å²) in [5.41, 5.74) is 2.10. The standard InChI is InChI=1S/C14H12BrFN2O2/c1-9-2-4-10(5-3-9)8-17-13-7-12(16)11(15)6-14(13)18(19)20/h2-7,17H,8H2,1H3. The fourth-order valence-corrected chi connectivity index (χ4v) is 2.06. The van der Waals surface area contributed by atoms with Crippen LogP contribution in [0.1, 0.15) is 11.1 Å². The van der Waals surface area contributed by atoms with Crippen molar-refractivity contribution in [2.24, 2.45) is 0 Å². The Hall–Kier alpha value is -1.95. The third-order valence-corrected chi connectivity index (χ3v) is 3.45. The van der Waals surface area contributed by atoms with E-state index in [9.17, 15) is 14.5 Å². The van der Waals surface area contributed by atoms with Gasteiger partial charge in [0, 0.05) is 18.7 Å². The van der Waals surface area contributed by atoms with E-state index in [0.717, 1.165) is 23.3 Å². The van der Waals surface area contributed by atoms with Crippen LogP contribution >= 0.6 is 15.9 Å². The first-order valence-electron chi connectivity index (χ1n) is 5.90. The number of nitro groups is 1. The van der Waals surface area contributed by atoms with Crippen LogP contribution in [0.3, 0.4) is 0 Å². The van der Waals surface area contributed by atoms with Crippen molar-refractivity contribution >= 4 is 27.3 Å². The number of hydrogen-bond donors (Lipinski definition) is 1. The molecule has 20 heavy (non-hydrogen) atoms. The summed E-state index contributed by atoms with van der Waals surface area (Å²) in [5, 5.41) is 13.9. The Bertz CT molecular complexity index is 644. The van der Waals surface area contributed by atoms with E-state index >= 15 is 0 Å². The number of benzene rings is 2. The van der Waals surface area contributed by atoms with Gasteiger partial charge in [0.15, 0.2) is 0 Å². The lowest BCUT2D eigenvalue weighted by Gasteiger charge is -2.08. The van der Waals surface area contributed by atoms with Crippen LogP contribution in [0, 0.1) is 22.9 Å². The molecule has 0 aliphatic rings. The van der Waals surface area contributed by atoms with Crippen LogP contribution in [0.2, 0.25) is 0 Å². The third kappa shape index (κ3) is 3.33. The second-order valence-electron chi connectivity index (χ2n) is 4.38. The van der Waals surface area contributed by atoms with Gasteiger partial charge in [0.2, 0.25) is 0 Å². The van der Waals surface area contributed by atoms with Crippen molar-refractivity contribution in [3.63, 3.8) is 0 Å². The minimum atomic E-state index is -0.540. The van der Waals surface area contributed by atoms with E-state index in [0.29, 0.717) is 6.54 Å². The van der Waals surface area contributed by atoms with Crippen LogP contribution in [-0.4, -0.2) is 4.92 Å². The Kier molecular flexibility index (Phi) is 4.34. The minimum Gasteiger partial charge on any atom is -0.375 e. The average molecular weight is 339 g/mol. The summed E-state index contributed by atoms with van der Waals surface area (Å²) in [6.45, 7) is 2.37. The number of anilines is 1. The van der Waals surface area contributed by atoms with Gasteiger partial charge in [-0.15, -0.1) is 0 Å². The zero-order chi connectivity index (χ0) is 14.7. The Labute approximate surface area is 123 Å². The van der Waals surface area contributed by atoms with Gasteiger partial charge in [-0.3, -0.25) is 10.1 Å². The quantitative estimate of drug-likeness (QED) is 0.663. The van der Waals surface area contributed by atoms with Gasteiger partial charge >= 0.3 is 0 Å². The Morgan fingerprint density at radius 3 is 2.55 bits per heavy atom. The molecule has 0 heterocycles. The first-order valence-corrected chi connectivity index (χ1v) is 6.69. The van der Waals surface area contributed by atoms with Crippen molar-refractivity contribution in [3.05, 3.63) is 67.9 Å². The number of halogens is 2. The summed E-state index contributed by atoms with van der Waals surface area (Å²) in [7, 11) is 0. The molecule has 0 amide bonds. The molecule has 2 aromatic rings. The van der Waals surface area contributed by atoms with E-state index in [1.165, 1.54) is 0 Å². The summed E-state index contributed by atoms with van der Waals surface area (Å²) in [6.07, 6.45) is 0. The van der Waals surface area contributed by atoms with E-state index in [1.54, 1.807) is 0 Å². The highest BCUT2D eigenvalue weighted by Crippen LogP contribution is 2.30. The maximum atomic E-state index is 13.5. The highest BCUT2D eigenvalue weighted by atomic mass is 79.9. The van der Waals surface area contributed by atoms with Crippen LogP contribution in [0.4, 0.5) is 15.8 Å². The molecular weight excluding hydrogens is 327 g/mol. The summed E-state index contributed by atoms with van der Waals surface area (Å²) >= 11 is 2.95. The zero-order valence-corrected chi connectivity index (χ0v) is 12.3. The lowest BCUT2D eigenvalue weighted by molar-refractivity contribution is -0.384. The van der Waals surface area contributed by atoms with Gasteiger partial charge in [-0.25, -0.2) is 4.39 Å². The van der Waals surface area contributed by atoms with Gasteiger partial charge in [0.05, 0.1) is 9.40 Å². The van der Waals surface area contributed by atoms with Gasteiger partial charge in [0.25, 0.3) is 5.69 Å². The van der Waals surface area contributed by atoms with Gasteiger partial charge in [-0.1, -0.05) is 29.8 Å². The zero-order valence-electron chi connectivity index (χ0n) is 10.7. The Morgan fingerprint density at radius 2 is 1.95 bits per heavy atom. The molecule has 0 atom stereocenters. The molecule has 0 bridgehead atoms. The summed E-state index contributed by atoms with van der Waals surface area (Å²) < 4.78 is 13.6. The number of hydrogen-bond acceptors (Lipinski definition) is 3. The van der Waals surface area contributed by atoms with E-state index in [1.807, 2.05) is 31.2 Å². The van der Waals surface area contributed by atoms with Gasteiger partial charge in [0.1, 0.15) is 11.5 Å². The lowest BCUT2D eigenvalue weighted by Crippen LogP contribution is -2.03. The van der Waals surface area contributed by atoms with Crippen molar-refractivity contribution in [2.75, 3.05) is 5.32 Å². The molecule has 1 N–H and O–H groups in total. The normalized spacial score (nSPS) is 10.3. The van der Waals surface area contributed by atoms with Crippen molar-refractivity contribution in [2.45, 2.75) is 13.5 Å². The number of aryl methyl sites for hydroxylation is 1. The monoisotopic (exact) mass is 338 g/mol. The van der Waals surface area contributed by atoms with E-state index in [2.05, 4.69) is 21.2 Å². The molecular formula is C14H12BrFN2O2. The van der Waals surface area contributed by atoms with Crippen LogP contribution in [0.15, 0.2) is 40.9 Å². The molecule has 2 rings (SSSR count). The largest absolute Gasteiger partial charge is 0.375 e. The van der Waals surface area contributed by atoms with Gasteiger partial charge in [-0.05, 0) is 28.4 Å². The molecule has 0 aliphatic carbocycles. The maximum absolute atomic E-state index is 13.5. The van der Waals surface area contributed by atoms with Crippen LogP contribution < -0.4 is 5.32 Å². The maximum Gasteiger partial charge on any atom is 0.293 e. The van der Waals surface area contributed by atoms with Gasteiger partial charge in [-0.2, -0.15) is 0 Å². The second-order valence-corrected chi connectivity index (χ2v) is 5.23. The molecule has 0 spiro atoms. The van der Waals surface area contributed by atoms with Crippen molar-refractivity contribution in [1.29, 1.82) is 0 Å². The number of nitrogens with one attached hydrogen (secondary N) is 1. The number of rotatable bonds is 4. The first-order chi connectivity index (χ1) is 9.47. The molecule has 0 aromatic heterocycles. The summed E-state index contributed by atoms with van der Waals surface area (Å²) in [6, 6.07) is 10.0. The van der Waals surface area contributed by atoms with Crippen molar-refractivity contribution < 1.29 is 9.31 Å². The third-order valence-electron chi connectivity index (χ3n) is 2.84. The first kappa shape index (κ1) is 14.5. The molecule has 104 valence electrons. The highest BCUT2D eigenvalue weighted by Gasteiger charge is 2.17. The van der Waals surface area contributed by atoms with E-state index < -0.39 is 10.7 Å². The molecule has 0 radical (unpaired) electrons. The van der Waals surface area contributed by atoms with Crippen molar-refractivity contribution in [3.8, 4) is 0 Å². The second kappa shape index (κ2) is 6.00. The Balaban J connectivity index is 2.22. The predicted molar refractivity (Wildman–Crippen MR) is 79.3 cm³/mol. The topological polar surface area (TPSA) is 55.2 Å². The van der Waals surface area contributed by atoms with Crippen LogP contribution in [0.5, 0.6) is 0 Å².